The molecule has 6 heteroatoms. The average molecular weight is 414 g/mol. The predicted octanol–water partition coefficient (Wildman–Crippen LogP) is 4.74. The second-order valence-electron chi connectivity index (χ2n) is 8.30. The van der Waals surface area contributed by atoms with Crippen LogP contribution in [0, 0.1) is 0 Å². The van der Waals surface area contributed by atoms with Crippen LogP contribution in [-0.2, 0) is 13.9 Å². The van der Waals surface area contributed by atoms with Crippen LogP contribution in [0.3, 0.4) is 0 Å². The Bertz CT molecular complexity index is 788. The molecular weight excluding hydrogens is 382 g/mol. The van der Waals surface area contributed by atoms with Crippen LogP contribution < -0.4 is 0 Å². The molecule has 0 spiro atoms. The van der Waals surface area contributed by atoms with Crippen LogP contribution in [0.5, 0.6) is 0 Å². The van der Waals surface area contributed by atoms with Gasteiger partial charge >= 0.3 is 6.09 Å². The first-order chi connectivity index (χ1) is 13.9. The fourth-order valence-electron chi connectivity index (χ4n) is 3.51. The highest BCUT2D eigenvalue weighted by molar-refractivity contribution is 6.69. The highest BCUT2D eigenvalue weighted by Crippen LogP contribution is 2.44. The molecule has 0 N–H and O–H groups in total. The molecule has 0 saturated carbocycles. The first kappa shape index (κ1) is 21.6. The number of hydrogen-bond acceptors (Lipinski definition) is 4. The zero-order chi connectivity index (χ0) is 20.9. The highest BCUT2D eigenvalue weighted by atomic mass is 28.4. The Balaban J connectivity index is 1.46. The molecule has 2 aromatic rings. The second kappa shape index (κ2) is 9.56. The van der Waals surface area contributed by atoms with E-state index in [1.54, 1.807) is 11.9 Å². The maximum Gasteiger partial charge on any atom is 0.409 e. The van der Waals surface area contributed by atoms with Gasteiger partial charge in [0.25, 0.3) is 0 Å². The van der Waals surface area contributed by atoms with Crippen molar-refractivity contribution < 1.29 is 18.7 Å². The van der Waals surface area contributed by atoms with E-state index in [-0.39, 0.29) is 12.0 Å². The Kier molecular flexibility index (Phi) is 7.11. The Morgan fingerprint density at radius 3 is 2.10 bits per heavy atom. The molecule has 0 bridgehead atoms. The van der Waals surface area contributed by atoms with Gasteiger partial charge in [-0.1, -0.05) is 48.5 Å². The van der Waals surface area contributed by atoms with Gasteiger partial charge in [0.05, 0.1) is 19.8 Å². The summed E-state index contributed by atoms with van der Waals surface area (Å²) in [5, 5.41) is 0. The Morgan fingerprint density at radius 2 is 1.52 bits per heavy atom. The van der Waals surface area contributed by atoms with Crippen molar-refractivity contribution in [3.63, 3.8) is 0 Å². The topological polar surface area (TPSA) is 48.0 Å². The van der Waals surface area contributed by atoms with Gasteiger partial charge in [0, 0.05) is 19.5 Å². The molecule has 0 aliphatic heterocycles. The van der Waals surface area contributed by atoms with E-state index in [2.05, 4.69) is 43.9 Å². The Hall–Kier alpha value is -2.15. The minimum Gasteiger partial charge on any atom is -0.448 e. The second-order valence-corrected chi connectivity index (χ2v) is 12.8. The fraction of sp³-hybridized carbons (Fsp3) is 0.435. The van der Waals surface area contributed by atoms with Crippen LogP contribution in [0.25, 0.3) is 11.1 Å². The van der Waals surface area contributed by atoms with E-state index in [0.717, 1.165) is 0 Å². The van der Waals surface area contributed by atoms with Crippen LogP contribution >= 0.6 is 0 Å². The van der Waals surface area contributed by atoms with Crippen molar-refractivity contribution in [1.29, 1.82) is 0 Å². The molecule has 0 aromatic heterocycles. The zero-order valence-electron chi connectivity index (χ0n) is 17.8. The van der Waals surface area contributed by atoms with Crippen LogP contribution in [0.1, 0.15) is 17.0 Å². The molecule has 0 heterocycles. The molecule has 2 aromatic carbocycles. The molecule has 1 amide bonds. The number of amides is 1. The normalized spacial score (nSPS) is 13.1. The molecule has 0 atom stereocenters. The average Bonchev–Trinajstić information content (AvgIpc) is 3.01. The number of fused-ring (bicyclic) bond motifs is 3. The van der Waals surface area contributed by atoms with Gasteiger partial charge in [-0.15, -0.1) is 0 Å². The summed E-state index contributed by atoms with van der Waals surface area (Å²) in [6.07, 6.45) is -0.325. The number of benzene rings is 2. The lowest BCUT2D eigenvalue weighted by molar-refractivity contribution is 0.0694. The lowest BCUT2D eigenvalue weighted by Gasteiger charge is -2.20. The molecule has 3 rings (SSSR count). The zero-order valence-corrected chi connectivity index (χ0v) is 18.8. The van der Waals surface area contributed by atoms with Gasteiger partial charge < -0.3 is 18.8 Å². The summed E-state index contributed by atoms with van der Waals surface area (Å²) in [5.41, 5.74) is 4.89. The van der Waals surface area contributed by atoms with E-state index in [4.69, 9.17) is 13.9 Å². The molecule has 0 unspecified atom stereocenters. The van der Waals surface area contributed by atoms with E-state index in [1.807, 2.05) is 24.3 Å². The minimum atomic E-state index is -1.50. The van der Waals surface area contributed by atoms with Crippen LogP contribution in [0.15, 0.2) is 48.5 Å². The molecule has 1 aliphatic rings. The first-order valence-corrected chi connectivity index (χ1v) is 13.6. The van der Waals surface area contributed by atoms with Gasteiger partial charge in [-0.05, 0) is 41.9 Å². The van der Waals surface area contributed by atoms with Crippen molar-refractivity contribution in [3.05, 3.63) is 59.7 Å². The maximum atomic E-state index is 12.4. The lowest BCUT2D eigenvalue weighted by Crippen LogP contribution is -2.32. The largest absolute Gasteiger partial charge is 0.448 e. The Morgan fingerprint density at radius 1 is 0.931 bits per heavy atom. The Labute approximate surface area is 174 Å². The molecule has 29 heavy (non-hydrogen) atoms. The van der Waals surface area contributed by atoms with Crippen molar-refractivity contribution in [2.75, 3.05) is 40.0 Å². The van der Waals surface area contributed by atoms with Crippen LogP contribution in [0.2, 0.25) is 19.6 Å². The summed E-state index contributed by atoms with van der Waals surface area (Å²) >= 11 is 0. The summed E-state index contributed by atoms with van der Waals surface area (Å²) in [6.45, 7) is 8.89. The van der Waals surface area contributed by atoms with E-state index in [1.165, 1.54) is 22.3 Å². The van der Waals surface area contributed by atoms with Crippen LogP contribution in [0.4, 0.5) is 4.79 Å². The van der Waals surface area contributed by atoms with Crippen molar-refractivity contribution in [2.24, 2.45) is 0 Å². The van der Waals surface area contributed by atoms with Gasteiger partial charge in [-0.25, -0.2) is 4.79 Å². The van der Waals surface area contributed by atoms with E-state index in [9.17, 15) is 4.79 Å². The third-order valence-electron chi connectivity index (χ3n) is 4.98. The number of likely N-dealkylation sites (N-methyl/N-ethyl adjacent to an activating group) is 1. The summed E-state index contributed by atoms with van der Waals surface area (Å²) < 4.78 is 17.0. The van der Waals surface area contributed by atoms with E-state index in [0.29, 0.717) is 33.0 Å². The van der Waals surface area contributed by atoms with E-state index < -0.39 is 8.32 Å². The standard InChI is InChI=1S/C23H31NO4Si/c1-24(13-14-26-15-16-28-29(2,3)4)23(25)27-17-22-20-11-7-5-9-18(20)19-10-6-8-12-21(19)22/h5-12,22H,13-17H2,1-4H3. The van der Waals surface area contributed by atoms with Gasteiger partial charge in [0.15, 0.2) is 8.32 Å². The molecule has 0 saturated heterocycles. The van der Waals surface area contributed by atoms with Crippen molar-refractivity contribution in [3.8, 4) is 11.1 Å². The molecule has 5 nitrogen and oxygen atoms in total. The monoisotopic (exact) mass is 413 g/mol. The number of hydrogen-bond donors (Lipinski definition) is 0. The number of carbonyl (C=O) groups excluding carboxylic acids is 1. The van der Waals surface area contributed by atoms with Crippen LogP contribution in [-0.4, -0.2) is 59.3 Å². The SMILES string of the molecule is CN(CCOCCO[Si](C)(C)C)C(=O)OCC1c2ccccc2-c2ccccc21. The quantitative estimate of drug-likeness (QED) is 0.440. The lowest BCUT2D eigenvalue weighted by atomic mass is 9.98. The maximum absolute atomic E-state index is 12.4. The van der Waals surface area contributed by atoms with Crippen molar-refractivity contribution in [2.45, 2.75) is 25.6 Å². The third kappa shape index (κ3) is 5.69. The first-order valence-electron chi connectivity index (χ1n) is 10.1. The summed E-state index contributed by atoms with van der Waals surface area (Å²) in [5.74, 6) is 0.0784. The number of rotatable bonds is 9. The molecule has 0 radical (unpaired) electrons. The van der Waals surface area contributed by atoms with Gasteiger partial charge in [0.1, 0.15) is 6.61 Å². The highest BCUT2D eigenvalue weighted by Gasteiger charge is 2.29. The van der Waals surface area contributed by atoms with Crippen molar-refractivity contribution >= 4 is 14.4 Å². The summed E-state index contributed by atoms with van der Waals surface area (Å²) in [4.78, 5) is 14.0. The fourth-order valence-corrected chi connectivity index (χ4v) is 4.20. The smallest absolute Gasteiger partial charge is 0.409 e. The predicted molar refractivity (Wildman–Crippen MR) is 118 cm³/mol. The van der Waals surface area contributed by atoms with Gasteiger partial charge in [0.2, 0.25) is 0 Å². The van der Waals surface area contributed by atoms with E-state index >= 15 is 0 Å². The summed E-state index contributed by atoms with van der Waals surface area (Å²) in [6, 6.07) is 16.7. The molecule has 0 fully saturated rings. The molecule has 156 valence electrons. The summed E-state index contributed by atoms with van der Waals surface area (Å²) in [7, 11) is 0.241. The molecular formula is C23H31NO4Si. The number of ether oxygens (including phenoxy) is 2. The molecule has 1 aliphatic carbocycles. The number of carbonyl (C=O) groups is 1. The number of nitrogens with zero attached hydrogens (tertiary/aromatic N) is 1. The van der Waals surface area contributed by atoms with Gasteiger partial charge in [-0.3, -0.25) is 0 Å². The minimum absolute atomic E-state index is 0.0784. The third-order valence-corrected chi connectivity index (χ3v) is 6.05. The van der Waals surface area contributed by atoms with Gasteiger partial charge in [-0.2, -0.15) is 0 Å². The van der Waals surface area contributed by atoms with Crippen molar-refractivity contribution in [1.82, 2.24) is 4.90 Å².